The van der Waals surface area contributed by atoms with Gasteiger partial charge in [0.25, 0.3) is 5.56 Å². The fraction of sp³-hybridized carbons (Fsp3) is 0.273. The lowest BCUT2D eigenvalue weighted by atomic mass is 10.0. The first-order chi connectivity index (χ1) is 13.0. The number of H-pyrrole nitrogens is 1. The van der Waals surface area contributed by atoms with Crippen molar-refractivity contribution in [2.45, 2.75) is 26.7 Å². The van der Waals surface area contributed by atoms with Gasteiger partial charge in [-0.15, -0.1) is 0 Å². The van der Waals surface area contributed by atoms with Gasteiger partial charge in [0.05, 0.1) is 19.0 Å². The Morgan fingerprint density at radius 3 is 2.67 bits per heavy atom. The first-order valence-electron chi connectivity index (χ1n) is 9.00. The Morgan fingerprint density at radius 1 is 1.11 bits per heavy atom. The van der Waals surface area contributed by atoms with Crippen LogP contribution in [0, 0.1) is 13.8 Å². The summed E-state index contributed by atoms with van der Waals surface area (Å²) in [7, 11) is 1.59. The first-order valence-corrected chi connectivity index (χ1v) is 9.00. The van der Waals surface area contributed by atoms with Gasteiger partial charge in [-0.1, -0.05) is 30.3 Å². The molecule has 0 aliphatic carbocycles. The van der Waals surface area contributed by atoms with Crippen molar-refractivity contribution in [1.82, 2.24) is 10.3 Å². The Balaban J connectivity index is 1.65. The van der Waals surface area contributed by atoms with Crippen molar-refractivity contribution >= 4 is 16.8 Å². The first kappa shape index (κ1) is 18.7. The highest BCUT2D eigenvalue weighted by Crippen LogP contribution is 2.19. The molecule has 0 atom stereocenters. The van der Waals surface area contributed by atoms with Gasteiger partial charge in [-0.2, -0.15) is 0 Å². The quantitative estimate of drug-likeness (QED) is 0.706. The van der Waals surface area contributed by atoms with E-state index in [1.807, 2.05) is 50.2 Å². The lowest BCUT2D eigenvalue weighted by molar-refractivity contribution is -0.120. The molecule has 0 fully saturated rings. The highest BCUT2D eigenvalue weighted by atomic mass is 16.5. The van der Waals surface area contributed by atoms with Crippen molar-refractivity contribution in [3.8, 4) is 5.75 Å². The molecule has 0 spiro atoms. The van der Waals surface area contributed by atoms with Gasteiger partial charge in [0.2, 0.25) is 5.91 Å². The molecule has 0 saturated heterocycles. The fourth-order valence-corrected chi connectivity index (χ4v) is 3.18. The number of hydrogen-bond acceptors (Lipinski definition) is 3. The lowest BCUT2D eigenvalue weighted by Gasteiger charge is -2.10. The van der Waals surface area contributed by atoms with Gasteiger partial charge in [0.1, 0.15) is 5.75 Å². The standard InChI is InChI=1S/C22H24N2O3/c1-14-8-9-17-12-18(22(26)24-21(17)15(14)2)10-11-23-20(25)13-16-6-4-5-7-19(16)27-3/h4-9,12H,10-11,13H2,1-3H3,(H,23,25)(H,24,26). The molecule has 5 heteroatoms. The van der Waals surface area contributed by atoms with Crippen LogP contribution in [-0.4, -0.2) is 24.5 Å². The molecule has 0 aliphatic heterocycles. The van der Waals surface area contributed by atoms with Gasteiger partial charge in [0, 0.05) is 17.7 Å². The van der Waals surface area contributed by atoms with Crippen molar-refractivity contribution in [3.05, 3.63) is 75.1 Å². The summed E-state index contributed by atoms with van der Waals surface area (Å²) in [6.45, 7) is 4.44. The number of hydrogen-bond donors (Lipinski definition) is 2. The Bertz CT molecular complexity index is 1040. The molecule has 2 aromatic carbocycles. The van der Waals surface area contributed by atoms with Crippen LogP contribution in [0.2, 0.25) is 0 Å². The van der Waals surface area contributed by atoms with Crippen molar-refractivity contribution < 1.29 is 9.53 Å². The number of fused-ring (bicyclic) bond motifs is 1. The molecule has 2 N–H and O–H groups in total. The van der Waals surface area contributed by atoms with Gasteiger partial charge >= 0.3 is 0 Å². The van der Waals surface area contributed by atoms with E-state index >= 15 is 0 Å². The molecule has 27 heavy (non-hydrogen) atoms. The number of rotatable bonds is 6. The topological polar surface area (TPSA) is 71.2 Å². The van der Waals surface area contributed by atoms with E-state index in [4.69, 9.17) is 4.74 Å². The second-order valence-electron chi connectivity index (χ2n) is 6.68. The summed E-state index contributed by atoms with van der Waals surface area (Å²) in [6.07, 6.45) is 0.729. The third kappa shape index (κ3) is 4.19. The summed E-state index contributed by atoms with van der Waals surface area (Å²) in [5.74, 6) is 0.604. The third-order valence-electron chi connectivity index (χ3n) is 4.89. The van der Waals surface area contributed by atoms with Crippen LogP contribution in [0.3, 0.4) is 0 Å². The minimum Gasteiger partial charge on any atom is -0.496 e. The number of amides is 1. The second-order valence-corrected chi connectivity index (χ2v) is 6.68. The predicted octanol–water partition coefficient (Wildman–Crippen LogP) is 3.05. The van der Waals surface area contributed by atoms with E-state index < -0.39 is 0 Å². The number of nitrogens with one attached hydrogen (secondary N) is 2. The van der Waals surface area contributed by atoms with E-state index in [2.05, 4.69) is 16.4 Å². The number of para-hydroxylation sites is 1. The van der Waals surface area contributed by atoms with Crippen molar-refractivity contribution in [2.24, 2.45) is 0 Å². The molecule has 0 bridgehead atoms. The molecule has 3 aromatic rings. The minimum absolute atomic E-state index is 0.0943. The molecule has 1 amide bonds. The SMILES string of the molecule is COc1ccccc1CC(=O)NCCc1cc2ccc(C)c(C)c2[nH]c1=O. The smallest absolute Gasteiger partial charge is 0.251 e. The van der Waals surface area contributed by atoms with Crippen LogP contribution in [0.4, 0.5) is 0 Å². The molecule has 1 heterocycles. The fourth-order valence-electron chi connectivity index (χ4n) is 3.18. The van der Waals surface area contributed by atoms with Crippen LogP contribution < -0.4 is 15.6 Å². The predicted molar refractivity (Wildman–Crippen MR) is 107 cm³/mol. The maximum absolute atomic E-state index is 12.4. The second kappa shape index (κ2) is 8.08. The zero-order valence-corrected chi connectivity index (χ0v) is 15.9. The summed E-state index contributed by atoms with van der Waals surface area (Å²) in [5, 5.41) is 3.89. The maximum Gasteiger partial charge on any atom is 0.251 e. The number of carbonyl (C=O) groups excluding carboxylic acids is 1. The van der Waals surface area contributed by atoms with Gasteiger partial charge in [-0.3, -0.25) is 9.59 Å². The zero-order chi connectivity index (χ0) is 19.4. The van der Waals surface area contributed by atoms with E-state index in [-0.39, 0.29) is 17.9 Å². The molecular formula is C22H24N2O3. The Hall–Kier alpha value is -3.08. The van der Waals surface area contributed by atoms with Crippen molar-refractivity contribution in [3.63, 3.8) is 0 Å². The normalized spacial score (nSPS) is 10.8. The number of benzene rings is 2. The number of pyridine rings is 1. The van der Waals surface area contributed by atoms with Crippen LogP contribution >= 0.6 is 0 Å². The van der Waals surface area contributed by atoms with Crippen LogP contribution in [0.25, 0.3) is 10.9 Å². The summed E-state index contributed by atoms with van der Waals surface area (Å²) in [4.78, 5) is 27.5. The molecule has 0 unspecified atom stereocenters. The summed E-state index contributed by atoms with van der Waals surface area (Å²) in [5.41, 5.74) is 4.52. The molecule has 140 valence electrons. The Labute approximate surface area is 158 Å². The van der Waals surface area contributed by atoms with Crippen LogP contribution in [0.5, 0.6) is 5.75 Å². The summed E-state index contributed by atoms with van der Waals surface area (Å²) >= 11 is 0. The number of ether oxygens (including phenoxy) is 1. The lowest BCUT2D eigenvalue weighted by Crippen LogP contribution is -2.28. The molecule has 1 aromatic heterocycles. The number of aromatic nitrogens is 1. The van der Waals surface area contributed by atoms with Gasteiger partial charge in [-0.05, 0) is 48.9 Å². The average molecular weight is 364 g/mol. The number of methoxy groups -OCH3 is 1. The maximum atomic E-state index is 12.4. The van der Waals surface area contributed by atoms with Crippen LogP contribution in [0.15, 0.2) is 47.3 Å². The van der Waals surface area contributed by atoms with Gasteiger partial charge in [0.15, 0.2) is 0 Å². The zero-order valence-electron chi connectivity index (χ0n) is 15.9. The highest BCUT2D eigenvalue weighted by Gasteiger charge is 2.09. The number of carbonyl (C=O) groups is 1. The highest BCUT2D eigenvalue weighted by molar-refractivity contribution is 5.83. The molecular weight excluding hydrogens is 340 g/mol. The number of aromatic amines is 1. The summed E-state index contributed by atoms with van der Waals surface area (Å²) < 4.78 is 5.27. The van der Waals surface area contributed by atoms with E-state index in [1.54, 1.807) is 7.11 Å². The van der Waals surface area contributed by atoms with Crippen molar-refractivity contribution in [2.75, 3.05) is 13.7 Å². The van der Waals surface area contributed by atoms with Gasteiger partial charge < -0.3 is 15.0 Å². The molecule has 5 nitrogen and oxygen atoms in total. The van der Waals surface area contributed by atoms with E-state index in [0.29, 0.717) is 24.3 Å². The Morgan fingerprint density at radius 2 is 1.89 bits per heavy atom. The van der Waals surface area contributed by atoms with Crippen LogP contribution in [0.1, 0.15) is 22.3 Å². The monoisotopic (exact) mass is 364 g/mol. The summed E-state index contributed by atoms with van der Waals surface area (Å²) in [6, 6.07) is 13.4. The van der Waals surface area contributed by atoms with E-state index in [1.165, 1.54) is 0 Å². The largest absolute Gasteiger partial charge is 0.496 e. The average Bonchev–Trinajstić information content (AvgIpc) is 2.66. The molecule has 0 radical (unpaired) electrons. The van der Waals surface area contributed by atoms with E-state index in [9.17, 15) is 9.59 Å². The third-order valence-corrected chi connectivity index (χ3v) is 4.89. The van der Waals surface area contributed by atoms with Gasteiger partial charge in [-0.25, -0.2) is 0 Å². The molecule has 0 aliphatic rings. The molecule has 0 saturated carbocycles. The van der Waals surface area contributed by atoms with E-state index in [0.717, 1.165) is 27.6 Å². The molecule has 3 rings (SSSR count). The number of aryl methyl sites for hydroxylation is 2. The Kier molecular flexibility index (Phi) is 5.60. The van der Waals surface area contributed by atoms with Crippen LogP contribution in [-0.2, 0) is 17.6 Å². The van der Waals surface area contributed by atoms with Crippen molar-refractivity contribution in [1.29, 1.82) is 0 Å². The minimum atomic E-state index is -0.102.